The van der Waals surface area contributed by atoms with Gasteiger partial charge in [-0.1, -0.05) is 42.7 Å². The van der Waals surface area contributed by atoms with Gasteiger partial charge in [-0.25, -0.2) is 4.98 Å². The number of carbonyl (C=O) groups is 2. The molecule has 6 heteroatoms. The first-order valence-corrected chi connectivity index (χ1v) is 9.48. The Morgan fingerprint density at radius 2 is 2.00 bits per heavy atom. The smallest absolute Gasteiger partial charge is 0.231 e. The number of nitrogens with zero attached hydrogens (tertiary/aromatic N) is 2. The Balaban J connectivity index is 1.42. The van der Waals surface area contributed by atoms with Crippen LogP contribution in [0.5, 0.6) is 0 Å². The molecule has 126 valence electrons. The molecule has 1 aromatic carbocycles. The third-order valence-corrected chi connectivity index (χ3v) is 6.02. The highest BCUT2D eigenvalue weighted by Crippen LogP contribution is 2.30. The Bertz CT molecular complexity index is 733. The number of para-hydroxylation sites is 1. The molecule has 1 saturated heterocycles. The van der Waals surface area contributed by atoms with E-state index >= 15 is 0 Å². The summed E-state index contributed by atoms with van der Waals surface area (Å²) in [5.41, 5.74) is 0.893. The molecular weight excluding hydrogens is 322 g/mol. The van der Waals surface area contributed by atoms with Gasteiger partial charge in [-0.15, -0.1) is 0 Å². The highest BCUT2D eigenvalue weighted by atomic mass is 32.1. The molecule has 2 fully saturated rings. The molecule has 5 nitrogen and oxygen atoms in total. The predicted molar refractivity (Wildman–Crippen MR) is 94.9 cm³/mol. The van der Waals surface area contributed by atoms with Crippen molar-refractivity contribution >= 4 is 38.5 Å². The number of thiazole rings is 1. The Morgan fingerprint density at radius 1 is 1.21 bits per heavy atom. The summed E-state index contributed by atoms with van der Waals surface area (Å²) in [6.45, 7) is 0.556. The van der Waals surface area contributed by atoms with Crippen molar-refractivity contribution in [3.8, 4) is 0 Å². The predicted octanol–water partition coefficient (Wildman–Crippen LogP) is 3.42. The Labute approximate surface area is 145 Å². The lowest BCUT2D eigenvalue weighted by Gasteiger charge is -2.31. The molecule has 2 aromatic rings. The first-order valence-electron chi connectivity index (χ1n) is 8.66. The van der Waals surface area contributed by atoms with Gasteiger partial charge in [0.1, 0.15) is 0 Å². The van der Waals surface area contributed by atoms with Gasteiger partial charge >= 0.3 is 0 Å². The van der Waals surface area contributed by atoms with Crippen molar-refractivity contribution < 1.29 is 9.59 Å². The molecule has 0 radical (unpaired) electrons. The molecule has 1 aromatic heterocycles. The average molecular weight is 343 g/mol. The van der Waals surface area contributed by atoms with Gasteiger partial charge in [0, 0.05) is 19.0 Å². The Kier molecular flexibility index (Phi) is 4.22. The van der Waals surface area contributed by atoms with Crippen LogP contribution >= 0.6 is 11.3 Å². The second-order valence-corrected chi connectivity index (χ2v) is 7.75. The van der Waals surface area contributed by atoms with Crippen LogP contribution in [0, 0.1) is 5.92 Å². The Morgan fingerprint density at radius 3 is 2.79 bits per heavy atom. The molecule has 0 spiro atoms. The number of likely N-dealkylation sites (tertiary alicyclic amines) is 1. The normalized spacial score (nSPS) is 22.2. The third-order valence-electron chi connectivity index (χ3n) is 5.07. The summed E-state index contributed by atoms with van der Waals surface area (Å²) in [4.78, 5) is 31.2. The van der Waals surface area contributed by atoms with Gasteiger partial charge in [0.2, 0.25) is 11.8 Å². The average Bonchev–Trinajstić information content (AvgIpc) is 3.18. The van der Waals surface area contributed by atoms with Gasteiger partial charge in [-0.3, -0.25) is 9.59 Å². The van der Waals surface area contributed by atoms with E-state index in [4.69, 9.17) is 0 Å². The largest absolute Gasteiger partial charge is 0.339 e. The highest BCUT2D eigenvalue weighted by Gasteiger charge is 2.38. The summed E-state index contributed by atoms with van der Waals surface area (Å²) in [5.74, 6) is -0.210. The minimum atomic E-state index is -0.258. The van der Waals surface area contributed by atoms with Crippen LogP contribution in [0.15, 0.2) is 24.3 Å². The number of hydrogen-bond donors (Lipinski definition) is 1. The maximum atomic E-state index is 12.5. The van der Waals surface area contributed by atoms with Crippen LogP contribution in [0.25, 0.3) is 10.2 Å². The van der Waals surface area contributed by atoms with E-state index in [0.29, 0.717) is 24.1 Å². The molecule has 2 heterocycles. The van der Waals surface area contributed by atoms with E-state index in [1.807, 2.05) is 29.2 Å². The first kappa shape index (κ1) is 15.6. The molecule has 1 aliphatic carbocycles. The van der Waals surface area contributed by atoms with Gasteiger partial charge < -0.3 is 10.2 Å². The van der Waals surface area contributed by atoms with Crippen molar-refractivity contribution in [3.05, 3.63) is 24.3 Å². The number of benzene rings is 1. The summed E-state index contributed by atoms with van der Waals surface area (Å²) in [5, 5.41) is 3.52. The van der Waals surface area contributed by atoms with Crippen LogP contribution in [0.1, 0.15) is 38.5 Å². The van der Waals surface area contributed by atoms with Crippen LogP contribution in [0.3, 0.4) is 0 Å². The van der Waals surface area contributed by atoms with Gasteiger partial charge in [0.05, 0.1) is 16.1 Å². The summed E-state index contributed by atoms with van der Waals surface area (Å²) in [7, 11) is 0. The molecule has 0 unspecified atom stereocenters. The van der Waals surface area contributed by atoms with E-state index in [0.717, 1.165) is 23.1 Å². The van der Waals surface area contributed by atoms with Gasteiger partial charge in [0.25, 0.3) is 0 Å². The number of carbonyl (C=O) groups excluding carboxylic acids is 2. The summed E-state index contributed by atoms with van der Waals surface area (Å²) >= 11 is 1.47. The zero-order chi connectivity index (χ0) is 16.5. The van der Waals surface area contributed by atoms with Crippen molar-refractivity contribution in [2.45, 2.75) is 44.6 Å². The van der Waals surface area contributed by atoms with E-state index in [1.165, 1.54) is 30.6 Å². The van der Waals surface area contributed by atoms with Gasteiger partial charge in [-0.2, -0.15) is 0 Å². The Hall–Kier alpha value is -1.95. The van der Waals surface area contributed by atoms with Crippen LogP contribution in [0.2, 0.25) is 0 Å². The number of hydrogen-bond acceptors (Lipinski definition) is 4. The van der Waals surface area contributed by atoms with E-state index in [1.54, 1.807) is 0 Å². The fourth-order valence-corrected chi connectivity index (χ4v) is 4.65. The van der Waals surface area contributed by atoms with Gasteiger partial charge in [-0.05, 0) is 25.0 Å². The lowest BCUT2D eigenvalue weighted by molar-refractivity contribution is -0.130. The topological polar surface area (TPSA) is 62.3 Å². The molecule has 1 N–H and O–H groups in total. The van der Waals surface area contributed by atoms with Crippen LogP contribution < -0.4 is 5.32 Å². The number of aromatic nitrogens is 1. The quantitative estimate of drug-likeness (QED) is 0.929. The van der Waals surface area contributed by atoms with E-state index < -0.39 is 0 Å². The van der Waals surface area contributed by atoms with Crippen molar-refractivity contribution in [1.82, 2.24) is 9.88 Å². The molecule has 0 bridgehead atoms. The molecule has 1 atom stereocenters. The molecule has 1 saturated carbocycles. The molecule has 2 amide bonds. The fourth-order valence-electron chi connectivity index (χ4n) is 3.79. The van der Waals surface area contributed by atoms with E-state index in [2.05, 4.69) is 10.3 Å². The van der Waals surface area contributed by atoms with Crippen molar-refractivity contribution in [2.75, 3.05) is 11.9 Å². The van der Waals surface area contributed by atoms with Crippen molar-refractivity contribution in [1.29, 1.82) is 0 Å². The van der Waals surface area contributed by atoms with Crippen molar-refractivity contribution in [3.63, 3.8) is 0 Å². The molecule has 24 heavy (non-hydrogen) atoms. The molecular formula is C18H21N3O2S. The molecule has 4 rings (SSSR count). The summed E-state index contributed by atoms with van der Waals surface area (Å²) in [6.07, 6.45) is 6.14. The lowest BCUT2D eigenvalue weighted by Crippen LogP contribution is -2.38. The zero-order valence-corrected chi connectivity index (χ0v) is 14.3. The highest BCUT2D eigenvalue weighted by molar-refractivity contribution is 7.22. The van der Waals surface area contributed by atoms with E-state index in [9.17, 15) is 9.59 Å². The second-order valence-electron chi connectivity index (χ2n) is 6.71. The number of rotatable bonds is 3. The molecule has 2 aliphatic rings. The summed E-state index contributed by atoms with van der Waals surface area (Å²) < 4.78 is 1.05. The number of anilines is 1. The fraction of sp³-hybridized carbons (Fsp3) is 0.500. The maximum absolute atomic E-state index is 12.5. The monoisotopic (exact) mass is 343 g/mol. The van der Waals surface area contributed by atoms with Crippen LogP contribution in [-0.2, 0) is 9.59 Å². The standard InChI is InChI=1S/C18H21N3O2S/c22-16-10-12(11-21(16)13-6-2-1-3-7-13)17(23)20-18-19-14-8-4-5-9-15(14)24-18/h4-5,8-9,12-13H,1-3,6-7,10-11H2,(H,19,20,23)/t12-/m1/s1. The number of amides is 2. The van der Waals surface area contributed by atoms with E-state index in [-0.39, 0.29) is 17.7 Å². The van der Waals surface area contributed by atoms with Crippen LogP contribution in [0.4, 0.5) is 5.13 Å². The zero-order valence-electron chi connectivity index (χ0n) is 13.5. The van der Waals surface area contributed by atoms with Crippen LogP contribution in [-0.4, -0.2) is 34.3 Å². The first-order chi connectivity index (χ1) is 11.7. The SMILES string of the molecule is O=C(Nc1nc2ccccc2s1)[C@@H]1CC(=O)N(C2CCCCC2)C1. The minimum Gasteiger partial charge on any atom is -0.339 e. The number of fused-ring (bicyclic) bond motifs is 1. The second kappa shape index (κ2) is 6.51. The third kappa shape index (κ3) is 3.02. The lowest BCUT2D eigenvalue weighted by atomic mass is 9.94. The minimum absolute atomic E-state index is 0.0827. The molecule has 1 aliphatic heterocycles. The maximum Gasteiger partial charge on any atom is 0.231 e. The van der Waals surface area contributed by atoms with Gasteiger partial charge in [0.15, 0.2) is 5.13 Å². The number of nitrogens with one attached hydrogen (secondary N) is 1. The summed E-state index contributed by atoms with van der Waals surface area (Å²) in [6, 6.07) is 8.17. The van der Waals surface area contributed by atoms with Crippen molar-refractivity contribution in [2.24, 2.45) is 5.92 Å².